The van der Waals surface area contributed by atoms with Crippen LogP contribution in [0.5, 0.6) is 0 Å². The molecule has 0 unspecified atom stereocenters. The SMILES string of the molecule is O=C(NCCC(=O)N1CCN(c2ccccn2)CC1)Nc1ccccc1C(F)(F)F. The number of aromatic nitrogens is 1. The number of para-hydroxylation sites is 1. The second kappa shape index (κ2) is 9.47. The molecule has 1 aromatic carbocycles. The monoisotopic (exact) mass is 421 g/mol. The fourth-order valence-corrected chi connectivity index (χ4v) is 3.17. The van der Waals surface area contributed by atoms with Gasteiger partial charge in [-0.3, -0.25) is 4.79 Å². The predicted molar refractivity (Wildman–Crippen MR) is 106 cm³/mol. The number of carbonyl (C=O) groups is 2. The summed E-state index contributed by atoms with van der Waals surface area (Å²) in [5.41, 5.74) is -1.26. The van der Waals surface area contributed by atoms with Gasteiger partial charge in [-0.2, -0.15) is 13.2 Å². The van der Waals surface area contributed by atoms with Crippen molar-refractivity contribution in [3.63, 3.8) is 0 Å². The number of pyridine rings is 1. The van der Waals surface area contributed by atoms with Gasteiger partial charge in [-0.25, -0.2) is 9.78 Å². The van der Waals surface area contributed by atoms with Gasteiger partial charge >= 0.3 is 12.2 Å². The van der Waals surface area contributed by atoms with Gasteiger partial charge in [-0.15, -0.1) is 0 Å². The molecule has 0 spiro atoms. The molecular weight excluding hydrogens is 399 g/mol. The summed E-state index contributed by atoms with van der Waals surface area (Å²) in [6.07, 6.45) is -2.79. The lowest BCUT2D eigenvalue weighted by Gasteiger charge is -2.35. The fraction of sp³-hybridized carbons (Fsp3) is 0.350. The van der Waals surface area contributed by atoms with Crippen LogP contribution in [0, 0.1) is 0 Å². The predicted octanol–water partition coefficient (Wildman–Crippen LogP) is 2.96. The molecule has 10 heteroatoms. The van der Waals surface area contributed by atoms with Gasteiger partial charge in [-0.1, -0.05) is 18.2 Å². The Morgan fingerprint density at radius 3 is 2.37 bits per heavy atom. The third-order valence-electron chi connectivity index (χ3n) is 4.71. The summed E-state index contributed by atoms with van der Waals surface area (Å²) in [4.78, 5) is 32.4. The van der Waals surface area contributed by atoms with Crippen molar-refractivity contribution in [2.24, 2.45) is 0 Å². The summed E-state index contributed by atoms with van der Waals surface area (Å²) < 4.78 is 38.9. The second-order valence-corrected chi connectivity index (χ2v) is 6.73. The molecule has 3 amide bonds. The Morgan fingerprint density at radius 1 is 1.00 bits per heavy atom. The summed E-state index contributed by atoms with van der Waals surface area (Å²) in [6, 6.07) is 9.59. The van der Waals surface area contributed by atoms with Crippen LogP contribution < -0.4 is 15.5 Å². The molecule has 160 valence electrons. The molecule has 1 aromatic heterocycles. The Bertz CT molecular complexity index is 868. The highest BCUT2D eigenvalue weighted by atomic mass is 19.4. The lowest BCUT2D eigenvalue weighted by atomic mass is 10.1. The quantitative estimate of drug-likeness (QED) is 0.778. The van der Waals surface area contributed by atoms with E-state index in [1.54, 1.807) is 11.1 Å². The van der Waals surface area contributed by atoms with E-state index in [0.717, 1.165) is 11.9 Å². The lowest BCUT2D eigenvalue weighted by molar-refractivity contribution is -0.137. The molecule has 1 fully saturated rings. The van der Waals surface area contributed by atoms with E-state index in [9.17, 15) is 22.8 Å². The van der Waals surface area contributed by atoms with Crippen LogP contribution in [-0.2, 0) is 11.0 Å². The summed E-state index contributed by atoms with van der Waals surface area (Å²) in [7, 11) is 0. The first-order chi connectivity index (χ1) is 14.3. The molecule has 0 radical (unpaired) electrons. The van der Waals surface area contributed by atoms with Gasteiger partial charge in [0.15, 0.2) is 0 Å². The van der Waals surface area contributed by atoms with Crippen LogP contribution in [0.3, 0.4) is 0 Å². The molecule has 0 bridgehead atoms. The van der Waals surface area contributed by atoms with Gasteiger partial charge in [0.2, 0.25) is 5.91 Å². The highest BCUT2D eigenvalue weighted by Gasteiger charge is 2.33. The smallest absolute Gasteiger partial charge is 0.353 e. The number of amides is 3. The van der Waals surface area contributed by atoms with Crippen LogP contribution in [-0.4, -0.2) is 54.5 Å². The Kier molecular flexibility index (Phi) is 6.76. The molecular formula is C20H22F3N5O2. The average molecular weight is 421 g/mol. The summed E-state index contributed by atoms with van der Waals surface area (Å²) in [5.74, 6) is 0.744. The van der Waals surface area contributed by atoms with E-state index in [1.165, 1.54) is 18.2 Å². The van der Waals surface area contributed by atoms with Crippen molar-refractivity contribution in [3.8, 4) is 0 Å². The Balaban J connectivity index is 1.42. The van der Waals surface area contributed by atoms with E-state index in [4.69, 9.17) is 0 Å². The third kappa shape index (κ3) is 5.62. The number of benzene rings is 1. The Labute approximate surface area is 171 Å². The minimum atomic E-state index is -4.57. The first-order valence-corrected chi connectivity index (χ1v) is 9.49. The van der Waals surface area contributed by atoms with Crippen molar-refractivity contribution in [1.29, 1.82) is 0 Å². The maximum atomic E-state index is 13.0. The Morgan fingerprint density at radius 2 is 1.70 bits per heavy atom. The van der Waals surface area contributed by atoms with Crippen LogP contribution in [0.25, 0.3) is 0 Å². The highest BCUT2D eigenvalue weighted by molar-refractivity contribution is 5.90. The van der Waals surface area contributed by atoms with E-state index in [1.807, 2.05) is 18.2 Å². The first kappa shape index (κ1) is 21.4. The van der Waals surface area contributed by atoms with Crippen LogP contribution in [0.2, 0.25) is 0 Å². The molecule has 1 aliphatic heterocycles. The number of alkyl halides is 3. The number of carbonyl (C=O) groups excluding carboxylic acids is 2. The van der Waals surface area contributed by atoms with Crippen molar-refractivity contribution in [3.05, 3.63) is 54.2 Å². The van der Waals surface area contributed by atoms with E-state index >= 15 is 0 Å². The first-order valence-electron chi connectivity index (χ1n) is 9.49. The lowest BCUT2D eigenvalue weighted by Crippen LogP contribution is -2.49. The number of nitrogens with one attached hydrogen (secondary N) is 2. The highest BCUT2D eigenvalue weighted by Crippen LogP contribution is 2.34. The zero-order valence-corrected chi connectivity index (χ0v) is 16.2. The number of urea groups is 1. The average Bonchev–Trinajstić information content (AvgIpc) is 2.74. The van der Waals surface area contributed by atoms with Crippen molar-refractivity contribution in [2.45, 2.75) is 12.6 Å². The molecule has 30 heavy (non-hydrogen) atoms. The number of hydrogen-bond acceptors (Lipinski definition) is 4. The van der Waals surface area contributed by atoms with Gasteiger partial charge in [0.25, 0.3) is 0 Å². The number of hydrogen-bond donors (Lipinski definition) is 2. The largest absolute Gasteiger partial charge is 0.418 e. The van der Waals surface area contributed by atoms with Gasteiger partial charge in [0, 0.05) is 45.3 Å². The van der Waals surface area contributed by atoms with Crippen LogP contribution in [0.1, 0.15) is 12.0 Å². The van der Waals surface area contributed by atoms with E-state index in [2.05, 4.69) is 20.5 Å². The summed E-state index contributed by atoms with van der Waals surface area (Å²) >= 11 is 0. The van der Waals surface area contributed by atoms with Gasteiger partial charge in [0.05, 0.1) is 11.3 Å². The molecule has 3 rings (SSSR count). The van der Waals surface area contributed by atoms with E-state index in [0.29, 0.717) is 26.2 Å². The summed E-state index contributed by atoms with van der Waals surface area (Å²) in [6.45, 7) is 2.43. The second-order valence-electron chi connectivity index (χ2n) is 6.73. The molecule has 0 saturated carbocycles. The maximum absolute atomic E-state index is 13.0. The number of anilines is 2. The van der Waals surface area contributed by atoms with Crippen molar-refractivity contribution in [1.82, 2.24) is 15.2 Å². The minimum Gasteiger partial charge on any atom is -0.353 e. The number of nitrogens with zero attached hydrogens (tertiary/aromatic N) is 3. The normalized spacial score (nSPS) is 14.4. The standard InChI is InChI=1S/C20H22F3N5O2/c21-20(22,23)15-5-1-2-6-16(15)26-19(30)25-10-8-18(29)28-13-11-27(12-14-28)17-7-3-4-9-24-17/h1-7,9H,8,10-14H2,(H2,25,26,30). The van der Waals surface area contributed by atoms with E-state index < -0.39 is 17.8 Å². The molecule has 1 saturated heterocycles. The van der Waals surface area contributed by atoms with Crippen molar-refractivity contribution >= 4 is 23.4 Å². The van der Waals surface area contributed by atoms with Gasteiger partial charge in [0.1, 0.15) is 5.82 Å². The molecule has 0 atom stereocenters. The number of halogens is 3. The summed E-state index contributed by atoms with van der Waals surface area (Å²) in [5, 5.41) is 4.61. The van der Waals surface area contributed by atoms with Gasteiger partial charge < -0.3 is 20.4 Å². The molecule has 0 aliphatic carbocycles. The Hall–Kier alpha value is -3.30. The fourth-order valence-electron chi connectivity index (χ4n) is 3.17. The van der Waals surface area contributed by atoms with Crippen LogP contribution >= 0.6 is 0 Å². The van der Waals surface area contributed by atoms with Crippen LogP contribution in [0.15, 0.2) is 48.7 Å². The molecule has 2 aromatic rings. The topological polar surface area (TPSA) is 77.6 Å². The zero-order chi connectivity index (χ0) is 21.6. The van der Waals surface area contributed by atoms with Crippen LogP contribution in [0.4, 0.5) is 29.5 Å². The molecule has 7 nitrogen and oxygen atoms in total. The molecule has 1 aliphatic rings. The van der Waals surface area contributed by atoms with Gasteiger partial charge in [-0.05, 0) is 24.3 Å². The zero-order valence-electron chi connectivity index (χ0n) is 16.2. The van der Waals surface area contributed by atoms with Crippen molar-refractivity contribution < 1.29 is 22.8 Å². The number of rotatable bonds is 5. The molecule has 2 N–H and O–H groups in total. The third-order valence-corrected chi connectivity index (χ3v) is 4.71. The minimum absolute atomic E-state index is 0.0271. The van der Waals surface area contributed by atoms with E-state index in [-0.39, 0.29) is 24.6 Å². The number of piperazine rings is 1. The van der Waals surface area contributed by atoms with Crippen molar-refractivity contribution in [2.75, 3.05) is 42.9 Å². The maximum Gasteiger partial charge on any atom is 0.418 e. The molecule has 2 heterocycles.